The van der Waals surface area contributed by atoms with Gasteiger partial charge in [-0.05, 0) is 43.5 Å². The van der Waals surface area contributed by atoms with Crippen LogP contribution in [0.4, 0.5) is 16.6 Å². The molecule has 4 aromatic rings. The summed E-state index contributed by atoms with van der Waals surface area (Å²) in [6.45, 7) is 8.65. The fourth-order valence-corrected chi connectivity index (χ4v) is 5.76. The van der Waals surface area contributed by atoms with E-state index in [1.165, 1.54) is 32.2 Å². The van der Waals surface area contributed by atoms with E-state index in [1.54, 1.807) is 22.7 Å². The number of aryl methyl sites for hydroxylation is 2. The van der Waals surface area contributed by atoms with Crippen LogP contribution in [0.2, 0.25) is 0 Å². The van der Waals surface area contributed by atoms with Crippen LogP contribution in [-0.2, 0) is 0 Å². The molecule has 4 rings (SSSR count). The van der Waals surface area contributed by atoms with Gasteiger partial charge < -0.3 is 11.1 Å². The Morgan fingerprint density at radius 3 is 2.43 bits per heavy atom. The van der Waals surface area contributed by atoms with Gasteiger partial charge in [0.1, 0.15) is 15.7 Å². The molecule has 0 amide bonds. The molecule has 0 saturated carbocycles. The number of nitrogens with one attached hydrogen (secondary N) is 1. The van der Waals surface area contributed by atoms with Crippen LogP contribution in [0.5, 0.6) is 0 Å². The van der Waals surface area contributed by atoms with Crippen LogP contribution >= 0.6 is 34.0 Å². The molecule has 3 heterocycles. The van der Waals surface area contributed by atoms with E-state index in [0.717, 1.165) is 26.4 Å². The summed E-state index contributed by atoms with van der Waals surface area (Å²) in [5.74, 6) is 1.04. The van der Waals surface area contributed by atoms with Gasteiger partial charge in [0.2, 0.25) is 0 Å². The number of hydrogen-bond donors (Lipinski definition) is 2. The predicted molar refractivity (Wildman–Crippen MR) is 124 cm³/mol. The maximum atomic E-state index is 6.20. The molecule has 0 bridgehead atoms. The van der Waals surface area contributed by atoms with Crippen molar-refractivity contribution in [2.45, 2.75) is 33.6 Å². The molecule has 0 aliphatic heterocycles. The SMILES string of the molecule is Cc1cc(-c2csc(-c3sc(Nc4ccc(C(C)C)cc4)nc3N)n2)c(C)s1. The number of rotatable bonds is 5. The quantitative estimate of drug-likeness (QED) is 0.358. The minimum atomic E-state index is 0.519. The summed E-state index contributed by atoms with van der Waals surface area (Å²) in [5.41, 5.74) is 10.7. The number of thiazole rings is 2. The number of aromatic nitrogens is 2. The van der Waals surface area contributed by atoms with Gasteiger partial charge in [0.25, 0.3) is 0 Å². The van der Waals surface area contributed by atoms with Crippen LogP contribution in [0.15, 0.2) is 35.7 Å². The van der Waals surface area contributed by atoms with E-state index >= 15 is 0 Å². The maximum absolute atomic E-state index is 6.20. The molecular weight excluding hydrogens is 404 g/mol. The van der Waals surface area contributed by atoms with E-state index in [0.29, 0.717) is 11.7 Å². The van der Waals surface area contributed by atoms with E-state index in [9.17, 15) is 0 Å². The predicted octanol–water partition coefficient (Wildman–Crippen LogP) is 7.06. The van der Waals surface area contributed by atoms with Crippen molar-refractivity contribution < 1.29 is 0 Å². The van der Waals surface area contributed by atoms with Crippen LogP contribution in [0.25, 0.3) is 21.1 Å². The van der Waals surface area contributed by atoms with Crippen molar-refractivity contribution >= 4 is 50.6 Å². The molecule has 0 radical (unpaired) electrons. The zero-order valence-electron chi connectivity index (χ0n) is 16.2. The zero-order valence-corrected chi connectivity index (χ0v) is 18.7. The summed E-state index contributed by atoms with van der Waals surface area (Å²) < 4.78 is 0. The Kier molecular flexibility index (Phi) is 5.23. The molecular formula is C21H22N4S3. The van der Waals surface area contributed by atoms with Gasteiger partial charge in [-0.25, -0.2) is 9.97 Å². The fraction of sp³-hybridized carbons (Fsp3) is 0.238. The van der Waals surface area contributed by atoms with Crippen LogP contribution in [0.1, 0.15) is 35.1 Å². The first kappa shape index (κ1) is 19.1. The molecule has 3 N–H and O–H groups in total. The highest BCUT2D eigenvalue weighted by Gasteiger charge is 2.16. The Morgan fingerprint density at radius 1 is 1.04 bits per heavy atom. The minimum Gasteiger partial charge on any atom is -0.382 e. The number of benzene rings is 1. The van der Waals surface area contributed by atoms with E-state index in [-0.39, 0.29) is 0 Å². The Hall–Kier alpha value is -2.22. The van der Waals surface area contributed by atoms with Gasteiger partial charge in [0.05, 0.1) is 5.69 Å². The molecule has 3 aromatic heterocycles. The largest absolute Gasteiger partial charge is 0.382 e. The second-order valence-electron chi connectivity index (χ2n) is 7.00. The normalized spacial score (nSPS) is 11.3. The van der Waals surface area contributed by atoms with Crippen LogP contribution in [0.3, 0.4) is 0 Å². The fourth-order valence-electron chi connectivity index (χ4n) is 3.00. The maximum Gasteiger partial charge on any atom is 0.189 e. The highest BCUT2D eigenvalue weighted by Crippen LogP contribution is 2.40. The Morgan fingerprint density at radius 2 is 1.79 bits per heavy atom. The zero-order chi connectivity index (χ0) is 19.8. The highest BCUT2D eigenvalue weighted by molar-refractivity contribution is 7.23. The number of anilines is 3. The number of thiophene rings is 1. The van der Waals surface area contributed by atoms with E-state index < -0.39 is 0 Å². The van der Waals surface area contributed by atoms with Gasteiger partial charge in [-0.2, -0.15) is 0 Å². The number of hydrogen-bond acceptors (Lipinski definition) is 7. The standard InChI is InChI=1S/C21H22N4S3/c1-11(2)14-5-7-15(8-6-14)23-21-25-19(22)18(28-21)20-24-17(10-26-20)16-9-12(3)27-13(16)4/h5-11H,22H2,1-4H3,(H,23,25). The summed E-state index contributed by atoms with van der Waals surface area (Å²) in [5, 5.41) is 7.15. The van der Waals surface area contributed by atoms with Crippen molar-refractivity contribution in [3.8, 4) is 21.1 Å². The van der Waals surface area contributed by atoms with Crippen LogP contribution in [-0.4, -0.2) is 9.97 Å². The van der Waals surface area contributed by atoms with Crippen molar-refractivity contribution in [2.24, 2.45) is 0 Å². The second kappa shape index (κ2) is 7.66. The van der Waals surface area contributed by atoms with Gasteiger partial charge >= 0.3 is 0 Å². The highest BCUT2D eigenvalue weighted by atomic mass is 32.1. The number of nitrogen functional groups attached to an aromatic ring is 1. The first-order chi connectivity index (χ1) is 13.4. The topological polar surface area (TPSA) is 63.8 Å². The van der Waals surface area contributed by atoms with E-state index in [1.807, 2.05) is 0 Å². The third-order valence-corrected chi connectivity index (χ3v) is 7.45. The number of nitrogens with two attached hydrogens (primary N) is 1. The molecule has 28 heavy (non-hydrogen) atoms. The lowest BCUT2D eigenvalue weighted by atomic mass is 10.0. The molecule has 144 valence electrons. The lowest BCUT2D eigenvalue weighted by Gasteiger charge is -2.07. The van der Waals surface area contributed by atoms with Crippen molar-refractivity contribution in [1.29, 1.82) is 0 Å². The Bertz CT molecular complexity index is 1100. The van der Waals surface area contributed by atoms with Gasteiger partial charge in [-0.3, -0.25) is 0 Å². The molecule has 0 atom stereocenters. The van der Waals surface area contributed by atoms with E-state index in [2.05, 4.69) is 73.7 Å². The van der Waals surface area contributed by atoms with Gasteiger partial charge in [-0.1, -0.05) is 37.3 Å². The average Bonchev–Trinajstić information content (AvgIpc) is 3.34. The van der Waals surface area contributed by atoms with Crippen LogP contribution in [0, 0.1) is 13.8 Å². The molecule has 7 heteroatoms. The molecule has 0 aliphatic rings. The summed E-state index contributed by atoms with van der Waals surface area (Å²) in [6.07, 6.45) is 0. The smallest absolute Gasteiger partial charge is 0.189 e. The monoisotopic (exact) mass is 426 g/mol. The van der Waals surface area contributed by atoms with Crippen molar-refractivity contribution in [1.82, 2.24) is 9.97 Å². The molecule has 0 saturated heterocycles. The third-order valence-electron chi connectivity index (χ3n) is 4.50. The Labute approximate surface area is 177 Å². The lowest BCUT2D eigenvalue weighted by Crippen LogP contribution is -1.92. The second-order valence-corrected chi connectivity index (χ2v) is 10.3. The van der Waals surface area contributed by atoms with Gasteiger partial charge in [-0.15, -0.1) is 22.7 Å². The Balaban J connectivity index is 1.57. The number of nitrogens with zero attached hydrogens (tertiary/aromatic N) is 2. The first-order valence-electron chi connectivity index (χ1n) is 9.07. The van der Waals surface area contributed by atoms with E-state index in [4.69, 9.17) is 10.7 Å². The molecule has 0 unspecified atom stereocenters. The van der Waals surface area contributed by atoms with Gasteiger partial charge in [0, 0.05) is 26.4 Å². The van der Waals surface area contributed by atoms with Crippen molar-refractivity contribution in [3.63, 3.8) is 0 Å². The summed E-state index contributed by atoms with van der Waals surface area (Å²) in [7, 11) is 0. The third kappa shape index (κ3) is 3.83. The summed E-state index contributed by atoms with van der Waals surface area (Å²) in [4.78, 5) is 12.8. The molecule has 0 aliphatic carbocycles. The van der Waals surface area contributed by atoms with Crippen molar-refractivity contribution in [2.75, 3.05) is 11.1 Å². The molecule has 4 nitrogen and oxygen atoms in total. The molecule has 1 aromatic carbocycles. The molecule has 0 spiro atoms. The molecule has 0 fully saturated rings. The minimum absolute atomic E-state index is 0.519. The summed E-state index contributed by atoms with van der Waals surface area (Å²) in [6, 6.07) is 10.6. The van der Waals surface area contributed by atoms with Crippen molar-refractivity contribution in [3.05, 3.63) is 51.0 Å². The van der Waals surface area contributed by atoms with Crippen LogP contribution < -0.4 is 11.1 Å². The average molecular weight is 427 g/mol. The first-order valence-corrected chi connectivity index (χ1v) is 11.6. The lowest BCUT2D eigenvalue weighted by molar-refractivity contribution is 0.867. The van der Waals surface area contributed by atoms with Gasteiger partial charge in [0.15, 0.2) is 5.13 Å². The summed E-state index contributed by atoms with van der Waals surface area (Å²) >= 11 is 4.95.